The van der Waals surface area contributed by atoms with Crippen molar-refractivity contribution in [1.29, 1.82) is 0 Å². The van der Waals surface area contributed by atoms with Gasteiger partial charge in [0.1, 0.15) is 5.75 Å². The molecule has 156 valence electrons. The van der Waals surface area contributed by atoms with E-state index in [1.807, 2.05) is 0 Å². The molecule has 29 heavy (non-hydrogen) atoms. The molecule has 0 amide bonds. The van der Waals surface area contributed by atoms with Crippen molar-refractivity contribution >= 4 is 17.7 Å². The molecule has 0 saturated heterocycles. The van der Waals surface area contributed by atoms with E-state index in [-0.39, 0.29) is 29.2 Å². The van der Waals surface area contributed by atoms with Crippen molar-refractivity contribution in [2.45, 2.75) is 40.4 Å². The summed E-state index contributed by atoms with van der Waals surface area (Å²) in [7, 11) is 0. The van der Waals surface area contributed by atoms with E-state index in [4.69, 9.17) is 9.47 Å². The molecule has 9 heteroatoms. The summed E-state index contributed by atoms with van der Waals surface area (Å²) in [6.45, 7) is 3.41. The van der Waals surface area contributed by atoms with Gasteiger partial charge in [0.2, 0.25) is 5.78 Å². The maximum absolute atomic E-state index is 12.7. The van der Waals surface area contributed by atoms with Crippen LogP contribution in [0.15, 0.2) is 24.3 Å². The molecule has 1 aromatic heterocycles. The van der Waals surface area contributed by atoms with Crippen molar-refractivity contribution in [3.63, 3.8) is 0 Å². The number of ether oxygens (including phenoxy) is 3. The third kappa shape index (κ3) is 5.18. The predicted octanol–water partition coefficient (Wildman–Crippen LogP) is 3.84. The molecule has 1 aromatic carbocycles. The molecule has 1 atom stereocenters. The van der Waals surface area contributed by atoms with Crippen LogP contribution in [0.2, 0.25) is 0 Å². The topological polar surface area (TPSA) is 94.7 Å². The smallest absolute Gasteiger partial charge is 0.387 e. The summed E-state index contributed by atoms with van der Waals surface area (Å²) in [6, 6.07) is 5.06. The third-order valence-electron chi connectivity index (χ3n) is 4.11. The van der Waals surface area contributed by atoms with Crippen molar-refractivity contribution in [2.75, 3.05) is 6.61 Å². The van der Waals surface area contributed by atoms with E-state index < -0.39 is 30.4 Å². The second-order valence-electron chi connectivity index (χ2n) is 6.16. The van der Waals surface area contributed by atoms with Crippen LogP contribution in [0, 0.1) is 13.8 Å². The number of hydrogen-bond acceptors (Lipinski definition) is 6. The van der Waals surface area contributed by atoms with Crippen LogP contribution in [0.3, 0.4) is 0 Å². The standard InChI is InChI=1S/C20H21F2NO6/c1-5-27-19(26)15-10(2)16(23-11(15)3)17(24)12(4)28-18(25)13-7-6-8-14(9-13)29-20(21)22/h6-9,12,20,23H,5H2,1-4H3/t12-/m0/s1. The van der Waals surface area contributed by atoms with E-state index in [1.165, 1.54) is 25.1 Å². The minimum atomic E-state index is -3.03. The first kappa shape index (κ1) is 22.1. The van der Waals surface area contributed by atoms with Gasteiger partial charge in [0.05, 0.1) is 23.4 Å². The van der Waals surface area contributed by atoms with E-state index in [9.17, 15) is 23.2 Å². The van der Waals surface area contributed by atoms with Gasteiger partial charge in [-0.15, -0.1) is 0 Å². The highest BCUT2D eigenvalue weighted by Gasteiger charge is 2.28. The number of aromatic nitrogens is 1. The van der Waals surface area contributed by atoms with Gasteiger partial charge >= 0.3 is 18.6 Å². The number of carbonyl (C=O) groups excluding carboxylic acids is 3. The van der Waals surface area contributed by atoms with Gasteiger partial charge in [-0.1, -0.05) is 6.07 Å². The van der Waals surface area contributed by atoms with Gasteiger partial charge in [0.25, 0.3) is 0 Å². The highest BCUT2D eigenvalue weighted by molar-refractivity contribution is 6.04. The van der Waals surface area contributed by atoms with Crippen LogP contribution in [-0.4, -0.2) is 42.0 Å². The summed E-state index contributed by atoms with van der Waals surface area (Å²) in [5, 5.41) is 0. The number of aryl methyl sites for hydroxylation is 1. The van der Waals surface area contributed by atoms with E-state index in [2.05, 4.69) is 9.72 Å². The Kier molecular flexibility index (Phi) is 7.08. The number of rotatable bonds is 8. The summed E-state index contributed by atoms with van der Waals surface area (Å²) in [4.78, 5) is 39.9. The van der Waals surface area contributed by atoms with E-state index in [0.29, 0.717) is 11.3 Å². The number of nitrogens with one attached hydrogen (secondary N) is 1. The molecule has 0 aliphatic heterocycles. The molecule has 0 fully saturated rings. The normalized spacial score (nSPS) is 11.8. The van der Waals surface area contributed by atoms with E-state index >= 15 is 0 Å². The van der Waals surface area contributed by atoms with Gasteiger partial charge in [-0.25, -0.2) is 9.59 Å². The number of ketones is 1. The summed E-state index contributed by atoms with van der Waals surface area (Å²) in [5.74, 6) is -2.19. The Hall–Kier alpha value is -3.23. The van der Waals surface area contributed by atoms with Crippen LogP contribution < -0.4 is 4.74 Å². The second-order valence-corrected chi connectivity index (χ2v) is 6.16. The molecular formula is C20H21F2NO6. The first-order valence-corrected chi connectivity index (χ1v) is 8.82. The molecule has 0 aliphatic carbocycles. The van der Waals surface area contributed by atoms with Gasteiger partial charge < -0.3 is 19.2 Å². The number of halogens is 2. The molecule has 0 aliphatic rings. The fourth-order valence-electron chi connectivity index (χ4n) is 2.79. The van der Waals surface area contributed by atoms with Crippen LogP contribution >= 0.6 is 0 Å². The van der Waals surface area contributed by atoms with Crippen LogP contribution in [-0.2, 0) is 9.47 Å². The SMILES string of the molecule is CCOC(=O)c1c(C)[nH]c(C(=O)[C@H](C)OC(=O)c2cccc(OC(F)F)c2)c1C. The number of esters is 2. The molecule has 0 unspecified atom stereocenters. The second kappa shape index (κ2) is 9.31. The molecule has 2 rings (SSSR count). The van der Waals surface area contributed by atoms with Gasteiger partial charge in [0, 0.05) is 5.69 Å². The zero-order valence-electron chi connectivity index (χ0n) is 16.4. The van der Waals surface area contributed by atoms with Gasteiger partial charge in [-0.3, -0.25) is 4.79 Å². The summed E-state index contributed by atoms with van der Waals surface area (Å²) in [5.41, 5.74) is 1.18. The first-order valence-electron chi connectivity index (χ1n) is 8.82. The van der Waals surface area contributed by atoms with Crippen LogP contribution in [0.4, 0.5) is 8.78 Å². The lowest BCUT2D eigenvalue weighted by Crippen LogP contribution is -2.25. The molecule has 1 N–H and O–H groups in total. The molecule has 7 nitrogen and oxygen atoms in total. The average molecular weight is 409 g/mol. The number of Topliss-reactive ketones (excluding diaryl/α,β-unsaturated/α-hetero) is 1. The third-order valence-corrected chi connectivity index (χ3v) is 4.11. The molecule has 1 heterocycles. The molecular weight excluding hydrogens is 388 g/mol. The maximum Gasteiger partial charge on any atom is 0.387 e. The number of alkyl halides is 2. The lowest BCUT2D eigenvalue weighted by molar-refractivity contribution is -0.0499. The van der Waals surface area contributed by atoms with Crippen molar-refractivity contribution in [1.82, 2.24) is 4.98 Å². The fraction of sp³-hybridized carbons (Fsp3) is 0.350. The quantitative estimate of drug-likeness (QED) is 0.526. The highest BCUT2D eigenvalue weighted by Crippen LogP contribution is 2.22. The summed E-state index contributed by atoms with van der Waals surface area (Å²) >= 11 is 0. The van der Waals surface area contributed by atoms with Crippen molar-refractivity contribution in [2.24, 2.45) is 0 Å². The lowest BCUT2D eigenvalue weighted by atomic mass is 10.1. The maximum atomic E-state index is 12.7. The fourth-order valence-corrected chi connectivity index (χ4v) is 2.79. The summed E-state index contributed by atoms with van der Waals surface area (Å²) in [6.07, 6.45) is -1.19. The molecule has 2 aromatic rings. The molecule has 0 spiro atoms. The number of H-pyrrole nitrogens is 1. The Morgan fingerprint density at radius 1 is 1.14 bits per heavy atom. The van der Waals surface area contributed by atoms with Crippen LogP contribution in [0.25, 0.3) is 0 Å². The Balaban J connectivity index is 2.16. The van der Waals surface area contributed by atoms with Gasteiger partial charge in [-0.2, -0.15) is 8.78 Å². The number of hydrogen-bond donors (Lipinski definition) is 1. The largest absolute Gasteiger partial charge is 0.462 e. The number of carbonyl (C=O) groups is 3. The van der Waals surface area contributed by atoms with Crippen LogP contribution in [0.5, 0.6) is 5.75 Å². The van der Waals surface area contributed by atoms with Crippen LogP contribution in [0.1, 0.15) is 56.3 Å². The first-order chi connectivity index (χ1) is 13.6. The summed E-state index contributed by atoms with van der Waals surface area (Å²) < 4.78 is 39.0. The molecule has 0 radical (unpaired) electrons. The van der Waals surface area contributed by atoms with Gasteiger partial charge in [-0.05, 0) is 51.5 Å². The van der Waals surface area contributed by atoms with Crippen molar-refractivity contribution < 1.29 is 37.4 Å². The lowest BCUT2D eigenvalue weighted by Gasteiger charge is -2.13. The number of benzene rings is 1. The molecule has 0 bridgehead atoms. The van der Waals surface area contributed by atoms with Crippen molar-refractivity contribution in [3.05, 3.63) is 52.3 Å². The Morgan fingerprint density at radius 2 is 1.83 bits per heavy atom. The number of aromatic amines is 1. The monoisotopic (exact) mass is 409 g/mol. The minimum absolute atomic E-state index is 0.0469. The predicted molar refractivity (Wildman–Crippen MR) is 98.5 cm³/mol. The Bertz CT molecular complexity index is 922. The Morgan fingerprint density at radius 3 is 2.45 bits per heavy atom. The molecule has 0 saturated carbocycles. The van der Waals surface area contributed by atoms with Gasteiger partial charge in [0.15, 0.2) is 6.10 Å². The average Bonchev–Trinajstić information content (AvgIpc) is 2.95. The van der Waals surface area contributed by atoms with E-state index in [0.717, 1.165) is 6.07 Å². The zero-order chi connectivity index (χ0) is 21.7. The van der Waals surface area contributed by atoms with E-state index in [1.54, 1.807) is 20.8 Å². The van der Waals surface area contributed by atoms with Crippen molar-refractivity contribution in [3.8, 4) is 5.75 Å². The highest BCUT2D eigenvalue weighted by atomic mass is 19.3. The zero-order valence-corrected chi connectivity index (χ0v) is 16.4. The Labute approximate surface area is 166 Å². The minimum Gasteiger partial charge on any atom is -0.462 e.